The molecule has 0 fully saturated rings. The number of hydrogen-bond donors (Lipinski definition) is 3. The average molecular weight is 123 g/mol. The summed E-state index contributed by atoms with van der Waals surface area (Å²) in [5.74, 6) is 0. The molecule has 0 aliphatic carbocycles. The minimum Gasteiger partial charge on any atom is -0.379 e. The van der Waals surface area contributed by atoms with Crippen LogP contribution in [0.4, 0.5) is 0 Å². The predicted molar refractivity (Wildman–Crippen MR) is 28.6 cm³/mol. The van der Waals surface area contributed by atoms with E-state index in [0.29, 0.717) is 0 Å². The van der Waals surface area contributed by atoms with Gasteiger partial charge >= 0.3 is 0 Å². The van der Waals surface area contributed by atoms with Crippen LogP contribution in [0.2, 0.25) is 0 Å². The van der Waals surface area contributed by atoms with E-state index in [4.69, 9.17) is 10.1 Å². The highest BCUT2D eigenvalue weighted by molar-refractivity contribution is 7.80. The summed E-state index contributed by atoms with van der Waals surface area (Å²) in [6.07, 6.45) is 0. The van der Waals surface area contributed by atoms with E-state index in [1.165, 1.54) is 5.34 Å². The van der Waals surface area contributed by atoms with E-state index in [9.17, 15) is 0 Å². The molecule has 5 nitrogen and oxygen atoms in total. The SMILES string of the molecule is NC(N)=S.O=NO. The number of nitrogens with zero attached hydrogens (tertiary/aromatic N) is 1. The largest absolute Gasteiger partial charge is 0.379 e. The van der Waals surface area contributed by atoms with Crippen molar-refractivity contribution >= 4 is 17.3 Å². The molecule has 0 saturated heterocycles. The van der Waals surface area contributed by atoms with Crippen molar-refractivity contribution in [1.82, 2.24) is 0 Å². The van der Waals surface area contributed by atoms with Gasteiger partial charge < -0.3 is 16.7 Å². The molecule has 0 rings (SSSR count). The maximum Gasteiger partial charge on any atom is 0.160 e. The van der Waals surface area contributed by atoms with Gasteiger partial charge in [0.1, 0.15) is 0 Å². The molecule has 0 aliphatic rings. The quantitative estimate of drug-likeness (QED) is 0.225. The normalized spacial score (nSPS) is 5.14. The Morgan fingerprint density at radius 3 is 1.71 bits per heavy atom. The zero-order chi connectivity index (χ0) is 6.28. The summed E-state index contributed by atoms with van der Waals surface area (Å²) in [6, 6.07) is 0. The second-order valence-electron chi connectivity index (χ2n) is 0.484. The maximum atomic E-state index is 8.11. The third kappa shape index (κ3) is 58.7. The minimum atomic E-state index is 0.000000000000000222. The molecule has 0 aromatic rings. The van der Waals surface area contributed by atoms with Crippen LogP contribution in [0, 0.1) is 4.91 Å². The van der Waals surface area contributed by atoms with E-state index in [0.717, 1.165) is 0 Å². The predicted octanol–water partition coefficient (Wildman–Crippen LogP) is -0.669. The van der Waals surface area contributed by atoms with Crippen LogP contribution in [0.3, 0.4) is 0 Å². The van der Waals surface area contributed by atoms with Gasteiger partial charge in [-0.2, -0.15) is 0 Å². The summed E-state index contributed by atoms with van der Waals surface area (Å²) >= 11 is 4.09. The van der Waals surface area contributed by atoms with Crippen LogP contribution in [-0.2, 0) is 0 Å². The molecule has 0 aliphatic heterocycles. The lowest BCUT2D eigenvalue weighted by Crippen LogP contribution is -2.18. The van der Waals surface area contributed by atoms with Gasteiger partial charge in [0, 0.05) is 0 Å². The summed E-state index contributed by atoms with van der Waals surface area (Å²) in [6.45, 7) is 0. The molecule has 0 unspecified atom stereocenters. The molecule has 0 aromatic heterocycles. The maximum absolute atomic E-state index is 8.11. The Labute approximate surface area is 45.2 Å². The zero-order valence-corrected chi connectivity index (χ0v) is 4.18. The molecule has 7 heavy (non-hydrogen) atoms. The molecular formula is CH5N3O2S. The molecule has 0 amide bonds. The third-order valence-electron chi connectivity index (χ3n) is 0. The van der Waals surface area contributed by atoms with Gasteiger partial charge in [0.15, 0.2) is 10.5 Å². The summed E-state index contributed by atoms with van der Waals surface area (Å²) in [5, 5.41) is 7.89. The molecular weight excluding hydrogens is 118 g/mol. The highest BCUT2D eigenvalue weighted by Crippen LogP contribution is 1.32. The lowest BCUT2D eigenvalue weighted by molar-refractivity contribution is 0.312. The monoisotopic (exact) mass is 123 g/mol. The first-order valence-electron chi connectivity index (χ1n) is 1.16. The summed E-state index contributed by atoms with van der Waals surface area (Å²) in [5.41, 5.74) is 9.24. The smallest absolute Gasteiger partial charge is 0.160 e. The molecule has 0 aromatic carbocycles. The van der Waals surface area contributed by atoms with E-state index in [1.807, 2.05) is 0 Å². The lowest BCUT2D eigenvalue weighted by atomic mass is 11.3. The van der Waals surface area contributed by atoms with Crippen LogP contribution in [0.15, 0.2) is 5.34 Å². The Morgan fingerprint density at radius 2 is 1.71 bits per heavy atom. The first kappa shape index (κ1) is 9.43. The molecule has 5 N–H and O–H groups in total. The second-order valence-corrected chi connectivity index (χ2v) is 0.955. The van der Waals surface area contributed by atoms with Crippen LogP contribution in [-0.4, -0.2) is 10.3 Å². The number of thiocarbonyl (C=S) groups is 1. The van der Waals surface area contributed by atoms with Crippen LogP contribution in [0.25, 0.3) is 0 Å². The average Bonchev–Trinajstić information content (AvgIpc) is 1.33. The third-order valence-corrected chi connectivity index (χ3v) is 0. The van der Waals surface area contributed by atoms with Gasteiger partial charge in [0.2, 0.25) is 0 Å². The lowest BCUT2D eigenvalue weighted by Gasteiger charge is -1.68. The Balaban J connectivity index is 0. The van der Waals surface area contributed by atoms with Gasteiger partial charge in [-0.1, -0.05) is 0 Å². The van der Waals surface area contributed by atoms with Gasteiger partial charge in [0.25, 0.3) is 0 Å². The van der Waals surface area contributed by atoms with Crippen LogP contribution in [0.5, 0.6) is 0 Å². The molecule has 0 atom stereocenters. The van der Waals surface area contributed by atoms with Crippen molar-refractivity contribution in [2.45, 2.75) is 0 Å². The fraction of sp³-hybridized carbons (Fsp3) is 0. The molecule has 0 bridgehead atoms. The number of hydrogen-bond acceptors (Lipinski definition) is 3. The van der Waals surface area contributed by atoms with Gasteiger partial charge in [-0.05, 0) is 12.2 Å². The Hall–Kier alpha value is -0.910. The molecule has 0 heterocycles. The Kier molecular flexibility index (Phi) is 12.0. The standard InChI is InChI=1S/CH4N2S.HNO2/c2-1(3)4;2-1-3/h(H4,2,3,4);(H,2,3). The number of rotatable bonds is 0. The molecule has 0 radical (unpaired) electrons. The van der Waals surface area contributed by atoms with Gasteiger partial charge in [-0.15, -0.1) is 4.91 Å². The topological polar surface area (TPSA) is 102 Å². The van der Waals surface area contributed by atoms with E-state index in [2.05, 4.69) is 23.7 Å². The van der Waals surface area contributed by atoms with Crippen molar-refractivity contribution in [2.24, 2.45) is 16.8 Å². The van der Waals surface area contributed by atoms with E-state index < -0.39 is 0 Å². The van der Waals surface area contributed by atoms with Crippen LogP contribution < -0.4 is 11.5 Å². The van der Waals surface area contributed by atoms with Crippen LogP contribution in [0.1, 0.15) is 0 Å². The van der Waals surface area contributed by atoms with E-state index in [-0.39, 0.29) is 5.11 Å². The summed E-state index contributed by atoms with van der Waals surface area (Å²) in [7, 11) is 0. The molecule has 42 valence electrons. The van der Waals surface area contributed by atoms with Crippen molar-refractivity contribution in [3.63, 3.8) is 0 Å². The van der Waals surface area contributed by atoms with Gasteiger partial charge in [-0.25, -0.2) is 0 Å². The van der Waals surface area contributed by atoms with Crippen LogP contribution >= 0.6 is 12.2 Å². The first-order valence-corrected chi connectivity index (χ1v) is 1.57. The summed E-state index contributed by atoms with van der Waals surface area (Å²) < 4.78 is 0. The Morgan fingerprint density at radius 1 is 1.71 bits per heavy atom. The van der Waals surface area contributed by atoms with Crippen molar-refractivity contribution in [2.75, 3.05) is 0 Å². The molecule has 0 spiro atoms. The minimum absolute atomic E-state index is 0.000000000000000222. The van der Waals surface area contributed by atoms with Crippen molar-refractivity contribution in [3.05, 3.63) is 4.91 Å². The first-order chi connectivity index (χ1) is 3.15. The van der Waals surface area contributed by atoms with E-state index >= 15 is 0 Å². The van der Waals surface area contributed by atoms with Gasteiger partial charge in [0.05, 0.1) is 0 Å². The van der Waals surface area contributed by atoms with Crippen molar-refractivity contribution in [1.29, 1.82) is 0 Å². The van der Waals surface area contributed by atoms with E-state index in [1.54, 1.807) is 0 Å². The zero-order valence-electron chi connectivity index (χ0n) is 3.37. The van der Waals surface area contributed by atoms with Crippen molar-refractivity contribution in [3.8, 4) is 0 Å². The second kappa shape index (κ2) is 8.92. The molecule has 0 saturated carbocycles. The summed E-state index contributed by atoms with van der Waals surface area (Å²) in [4.78, 5) is 8.11. The highest BCUT2D eigenvalue weighted by Gasteiger charge is 1.53. The van der Waals surface area contributed by atoms with Gasteiger partial charge in [-0.3, -0.25) is 0 Å². The fourth-order valence-corrected chi connectivity index (χ4v) is 0. The number of nitrogens with two attached hydrogens (primary N) is 2. The van der Waals surface area contributed by atoms with Crippen molar-refractivity contribution < 1.29 is 5.21 Å². The molecule has 6 heteroatoms. The highest BCUT2D eigenvalue weighted by atomic mass is 32.1. The fourth-order valence-electron chi connectivity index (χ4n) is 0. The Bertz CT molecular complexity index is 60.0.